The van der Waals surface area contributed by atoms with E-state index < -0.39 is 0 Å². The minimum Gasteiger partial charge on any atom is -0.507 e. The molecular weight excluding hydrogens is 745 g/mol. The molecule has 2 aliphatic rings. The van der Waals surface area contributed by atoms with Crippen LogP contribution in [0.4, 0.5) is 0 Å². The Balaban J connectivity index is 1.70. The highest BCUT2D eigenvalue weighted by Crippen LogP contribution is 2.41. The van der Waals surface area contributed by atoms with E-state index in [4.69, 9.17) is 18.9 Å². The number of ether oxygens (including phenoxy) is 4. The van der Waals surface area contributed by atoms with Gasteiger partial charge in [0.15, 0.2) is 0 Å². The van der Waals surface area contributed by atoms with E-state index in [2.05, 4.69) is 132 Å². The third-order valence-electron chi connectivity index (χ3n) is 12.5. The van der Waals surface area contributed by atoms with Crippen LogP contribution in [-0.4, -0.2) is 63.1 Å². The van der Waals surface area contributed by atoms with Crippen LogP contribution in [0.3, 0.4) is 0 Å². The van der Waals surface area contributed by atoms with E-state index in [1.165, 1.54) is 55.6 Å². The molecule has 0 atom stereocenters. The Hall–Kier alpha value is -3.68. The number of rotatable bonds is 0. The normalized spacial score (nSPS) is 16.9. The molecule has 1 heterocycles. The van der Waals surface area contributed by atoms with Crippen molar-refractivity contribution in [3.05, 3.63) is 126 Å². The number of hydrogen-bond donors (Lipinski definition) is 2. The Bertz CT molecular complexity index is 1880. The third-order valence-corrected chi connectivity index (χ3v) is 12.5. The first-order valence-corrected chi connectivity index (χ1v) is 22.4. The zero-order valence-corrected chi connectivity index (χ0v) is 39.0. The second-order valence-corrected chi connectivity index (χ2v) is 21.5. The number of hydrogen-bond acceptors (Lipinski definition) is 6. The van der Waals surface area contributed by atoms with Crippen LogP contribution in [0, 0.1) is 0 Å². The van der Waals surface area contributed by atoms with Crippen LogP contribution in [0.25, 0.3) is 0 Å². The lowest BCUT2D eigenvalue weighted by Crippen LogP contribution is -2.18. The topological polar surface area (TPSA) is 77.4 Å². The number of phenolic OH excluding ortho intramolecular Hbond substituents is 2. The maximum atomic E-state index is 12.5. The lowest BCUT2D eigenvalue weighted by molar-refractivity contribution is -0.00120. The molecular formula is C54H74O6. The van der Waals surface area contributed by atoms with Gasteiger partial charge in [-0.1, -0.05) is 132 Å². The molecule has 60 heavy (non-hydrogen) atoms. The van der Waals surface area contributed by atoms with Gasteiger partial charge in [0.2, 0.25) is 0 Å². The molecule has 0 unspecified atom stereocenters. The minimum absolute atomic E-state index is 0.129. The Morgan fingerprint density at radius 3 is 0.733 bits per heavy atom. The molecule has 4 aromatic carbocycles. The molecule has 1 aliphatic carbocycles. The van der Waals surface area contributed by atoms with E-state index in [1.54, 1.807) is 0 Å². The van der Waals surface area contributed by atoms with Crippen LogP contribution in [0.2, 0.25) is 0 Å². The molecule has 0 radical (unpaired) electrons. The van der Waals surface area contributed by atoms with Crippen molar-refractivity contribution in [1.82, 2.24) is 0 Å². The first-order chi connectivity index (χ1) is 28.1. The highest BCUT2D eigenvalue weighted by atomic mass is 16.6. The van der Waals surface area contributed by atoms with Crippen LogP contribution >= 0.6 is 0 Å². The highest BCUT2D eigenvalue weighted by molar-refractivity contribution is 5.57. The van der Waals surface area contributed by atoms with Gasteiger partial charge < -0.3 is 29.2 Å². The van der Waals surface area contributed by atoms with Gasteiger partial charge in [-0.15, -0.1) is 0 Å². The fraction of sp³-hybridized carbons (Fsp3) is 0.556. The second-order valence-electron chi connectivity index (χ2n) is 21.5. The van der Waals surface area contributed by atoms with Gasteiger partial charge in [0.05, 0.1) is 52.9 Å². The van der Waals surface area contributed by atoms with Gasteiger partial charge in [-0.25, -0.2) is 0 Å². The van der Waals surface area contributed by atoms with Gasteiger partial charge in [-0.05, 0) is 112 Å². The minimum atomic E-state index is -0.138. The van der Waals surface area contributed by atoms with E-state index in [0.717, 1.165) is 22.3 Å². The van der Waals surface area contributed by atoms with Crippen molar-refractivity contribution in [3.63, 3.8) is 0 Å². The predicted molar refractivity (Wildman–Crippen MR) is 246 cm³/mol. The Morgan fingerprint density at radius 1 is 0.317 bits per heavy atom. The monoisotopic (exact) mass is 819 g/mol. The fourth-order valence-corrected chi connectivity index (χ4v) is 8.59. The van der Waals surface area contributed by atoms with Crippen molar-refractivity contribution in [3.8, 4) is 11.5 Å². The lowest BCUT2D eigenvalue weighted by Gasteiger charge is -2.28. The number of aromatic hydroxyl groups is 2. The van der Waals surface area contributed by atoms with Crippen molar-refractivity contribution in [2.45, 2.75) is 143 Å². The third kappa shape index (κ3) is 11.2. The van der Waals surface area contributed by atoms with Gasteiger partial charge in [-0.2, -0.15) is 0 Å². The van der Waals surface area contributed by atoms with E-state index in [9.17, 15) is 10.2 Å². The summed E-state index contributed by atoms with van der Waals surface area (Å²) < 4.78 is 24.2. The van der Waals surface area contributed by atoms with E-state index >= 15 is 0 Å². The summed E-state index contributed by atoms with van der Waals surface area (Å²) in [5, 5.41) is 25.1. The largest absolute Gasteiger partial charge is 0.507 e. The zero-order valence-electron chi connectivity index (χ0n) is 39.0. The van der Waals surface area contributed by atoms with Gasteiger partial charge in [0, 0.05) is 25.7 Å². The van der Waals surface area contributed by atoms with Gasteiger partial charge in [0.25, 0.3) is 0 Å². The first kappa shape index (κ1) is 45.8. The number of benzene rings is 4. The summed E-state index contributed by atoms with van der Waals surface area (Å²) in [6.07, 6.45) is 3.69. The molecule has 0 spiro atoms. The molecule has 0 saturated heterocycles. The Morgan fingerprint density at radius 2 is 0.517 bits per heavy atom. The first-order valence-electron chi connectivity index (χ1n) is 22.4. The molecule has 10 bridgehead atoms. The predicted octanol–water partition coefficient (Wildman–Crippen LogP) is 11.1. The quantitative estimate of drug-likeness (QED) is 0.162. The van der Waals surface area contributed by atoms with E-state index in [1.807, 2.05) is 0 Å². The summed E-state index contributed by atoms with van der Waals surface area (Å²) in [4.78, 5) is 0. The van der Waals surface area contributed by atoms with Gasteiger partial charge in [0.1, 0.15) is 11.5 Å². The standard InChI is InChI=1S/C54H74O6/c1-51(2,3)43-27-35-23-39-31-45(53(7,8)9)33-41(49(39)55)25-37-29-44(52(4,5)6)30-38-26-42-34-46(54(10,11)12)32-40(50(42)56)24-36(28-43)47(35)13-15-57-17-19-59-21-22-60-20-18-58-16-14-48(37)38/h27-34,55-56H,13-26H2,1-12H3. The Labute approximate surface area is 362 Å². The second kappa shape index (κ2) is 18.3. The molecule has 0 aromatic heterocycles. The van der Waals surface area contributed by atoms with E-state index in [0.29, 0.717) is 103 Å². The summed E-state index contributed by atoms with van der Waals surface area (Å²) in [6, 6.07) is 18.4. The molecule has 1 aliphatic heterocycles. The molecule has 326 valence electrons. The van der Waals surface area contributed by atoms with Crippen LogP contribution < -0.4 is 0 Å². The highest BCUT2D eigenvalue weighted by Gasteiger charge is 2.28. The molecule has 4 aromatic rings. The van der Waals surface area contributed by atoms with E-state index in [-0.39, 0.29) is 21.7 Å². The van der Waals surface area contributed by atoms with Gasteiger partial charge in [-0.3, -0.25) is 0 Å². The maximum Gasteiger partial charge on any atom is 0.122 e. The van der Waals surface area contributed by atoms with Crippen LogP contribution in [0.1, 0.15) is 161 Å². The maximum absolute atomic E-state index is 12.5. The van der Waals surface area contributed by atoms with Gasteiger partial charge >= 0.3 is 0 Å². The van der Waals surface area contributed by atoms with Crippen molar-refractivity contribution >= 4 is 0 Å². The fourth-order valence-electron chi connectivity index (χ4n) is 8.59. The molecule has 0 saturated carbocycles. The van der Waals surface area contributed by atoms with Crippen LogP contribution in [0.15, 0.2) is 48.5 Å². The molecule has 6 heteroatoms. The lowest BCUT2D eigenvalue weighted by atomic mass is 9.77. The molecule has 0 fully saturated rings. The molecule has 2 N–H and O–H groups in total. The number of phenols is 2. The van der Waals surface area contributed by atoms with Crippen LogP contribution in [0.5, 0.6) is 11.5 Å². The summed E-state index contributed by atoms with van der Waals surface area (Å²) in [5.41, 5.74) is 15.3. The smallest absolute Gasteiger partial charge is 0.122 e. The summed E-state index contributed by atoms with van der Waals surface area (Å²) in [5.74, 6) is 0.741. The SMILES string of the molecule is CC(C)(C)c1cc2c(O)c(c1)Cc1cc(C(C)(C)C)cc3c1CCOCCOCCOCCOCCc1c(cc(C(C)(C)C)cc1Cc1cc(C(C)(C)C)cc(c1O)C3)C2. The zero-order chi connectivity index (χ0) is 43.6. The molecule has 6 nitrogen and oxygen atoms in total. The molecule has 0 amide bonds. The molecule has 6 rings (SSSR count). The summed E-state index contributed by atoms with van der Waals surface area (Å²) in [6.45, 7) is 31.2. The number of fused-ring (bicyclic) bond motifs is 2. The Kier molecular flexibility index (Phi) is 14.0. The average Bonchev–Trinajstić information content (AvgIpc) is 3.13. The van der Waals surface area contributed by atoms with Crippen molar-refractivity contribution < 1.29 is 29.2 Å². The average molecular weight is 819 g/mol. The van der Waals surface area contributed by atoms with Crippen molar-refractivity contribution in [2.24, 2.45) is 0 Å². The van der Waals surface area contributed by atoms with Crippen LogP contribution in [-0.2, 0) is 79.1 Å². The van der Waals surface area contributed by atoms with Crippen molar-refractivity contribution in [1.29, 1.82) is 0 Å². The van der Waals surface area contributed by atoms with Crippen molar-refractivity contribution in [2.75, 3.05) is 52.9 Å². The summed E-state index contributed by atoms with van der Waals surface area (Å²) in [7, 11) is 0. The summed E-state index contributed by atoms with van der Waals surface area (Å²) >= 11 is 0.